The molecular formula is C4HBr3N2. The number of hydrogen-bond donors (Lipinski definition) is 0. The molecule has 0 fully saturated rings. The average molecular weight is 317 g/mol. The summed E-state index contributed by atoms with van der Waals surface area (Å²) < 4.78 is 2.19. The van der Waals surface area contributed by atoms with Crippen molar-refractivity contribution in [3.05, 3.63) is 20.0 Å². The van der Waals surface area contributed by atoms with Gasteiger partial charge in [-0.25, -0.2) is 9.97 Å². The number of rotatable bonds is 0. The fraction of sp³-hybridized carbons (Fsp3) is 0. The summed E-state index contributed by atoms with van der Waals surface area (Å²) in [6.45, 7) is 0. The van der Waals surface area contributed by atoms with Crippen LogP contribution < -0.4 is 0 Å². The lowest BCUT2D eigenvalue weighted by Crippen LogP contribution is -1.82. The summed E-state index contributed by atoms with van der Waals surface area (Å²) in [6.07, 6.45) is 1.67. The molecule has 1 aromatic heterocycles. The Hall–Kier alpha value is 0.520. The van der Waals surface area contributed by atoms with Gasteiger partial charge in [0, 0.05) is 6.20 Å². The topological polar surface area (TPSA) is 25.8 Å². The first kappa shape index (κ1) is 7.63. The van der Waals surface area contributed by atoms with Gasteiger partial charge in [0.25, 0.3) is 0 Å². The first-order chi connectivity index (χ1) is 4.20. The van der Waals surface area contributed by atoms with Gasteiger partial charge < -0.3 is 0 Å². The van der Waals surface area contributed by atoms with E-state index < -0.39 is 0 Å². The van der Waals surface area contributed by atoms with Crippen LogP contribution in [-0.2, 0) is 0 Å². The van der Waals surface area contributed by atoms with E-state index in [1.54, 1.807) is 6.20 Å². The van der Waals surface area contributed by atoms with E-state index in [1.807, 2.05) is 0 Å². The van der Waals surface area contributed by atoms with E-state index in [2.05, 4.69) is 57.8 Å². The minimum atomic E-state index is 0.581. The SMILES string of the molecule is Brc1ncc(Br)c(Br)n1. The molecule has 0 amide bonds. The van der Waals surface area contributed by atoms with Gasteiger partial charge in [-0.15, -0.1) is 0 Å². The van der Waals surface area contributed by atoms with Crippen molar-refractivity contribution in [1.29, 1.82) is 0 Å². The van der Waals surface area contributed by atoms with Crippen LogP contribution in [0.4, 0.5) is 0 Å². The Morgan fingerprint density at radius 2 is 1.89 bits per heavy atom. The van der Waals surface area contributed by atoms with Gasteiger partial charge in [-0.3, -0.25) is 0 Å². The van der Waals surface area contributed by atoms with Crippen LogP contribution in [0.15, 0.2) is 20.0 Å². The van der Waals surface area contributed by atoms with E-state index >= 15 is 0 Å². The minimum absolute atomic E-state index is 0.581. The first-order valence-electron chi connectivity index (χ1n) is 2.03. The first-order valence-corrected chi connectivity index (χ1v) is 4.41. The molecule has 0 unspecified atom stereocenters. The lowest BCUT2D eigenvalue weighted by atomic mass is 10.7. The van der Waals surface area contributed by atoms with Crippen LogP contribution in [-0.4, -0.2) is 9.97 Å². The standard InChI is InChI=1S/C4HBr3N2/c5-2-1-8-4(7)9-3(2)6/h1H. The Labute approximate surface area is 77.5 Å². The number of aromatic nitrogens is 2. The molecule has 0 bridgehead atoms. The van der Waals surface area contributed by atoms with Gasteiger partial charge in [0.05, 0.1) is 4.47 Å². The van der Waals surface area contributed by atoms with Crippen LogP contribution in [0.2, 0.25) is 0 Å². The monoisotopic (exact) mass is 314 g/mol. The summed E-state index contributed by atoms with van der Waals surface area (Å²) in [5.41, 5.74) is 0. The lowest BCUT2D eigenvalue weighted by molar-refractivity contribution is 1.07. The normalized spacial score (nSPS) is 9.67. The third-order valence-electron chi connectivity index (χ3n) is 0.672. The van der Waals surface area contributed by atoms with Crippen molar-refractivity contribution in [2.24, 2.45) is 0 Å². The van der Waals surface area contributed by atoms with Crippen molar-refractivity contribution in [3.8, 4) is 0 Å². The molecule has 5 heteroatoms. The molecule has 0 atom stereocenters. The van der Waals surface area contributed by atoms with Crippen molar-refractivity contribution in [2.75, 3.05) is 0 Å². The van der Waals surface area contributed by atoms with Crippen LogP contribution in [0.5, 0.6) is 0 Å². The second-order valence-electron chi connectivity index (χ2n) is 1.28. The summed E-state index contributed by atoms with van der Waals surface area (Å²) in [5, 5.41) is 0. The quantitative estimate of drug-likeness (QED) is 0.543. The van der Waals surface area contributed by atoms with Crippen molar-refractivity contribution in [1.82, 2.24) is 9.97 Å². The van der Waals surface area contributed by atoms with Crippen LogP contribution in [0.25, 0.3) is 0 Å². The third-order valence-corrected chi connectivity index (χ3v) is 2.77. The van der Waals surface area contributed by atoms with Gasteiger partial charge in [0.2, 0.25) is 0 Å². The zero-order chi connectivity index (χ0) is 6.85. The second-order valence-corrected chi connectivity index (χ2v) is 3.59. The Morgan fingerprint density at radius 3 is 2.33 bits per heavy atom. The van der Waals surface area contributed by atoms with E-state index in [-0.39, 0.29) is 0 Å². The zero-order valence-corrected chi connectivity index (χ0v) is 8.86. The average Bonchev–Trinajstić information content (AvgIpc) is 1.80. The fourth-order valence-corrected chi connectivity index (χ4v) is 1.31. The van der Waals surface area contributed by atoms with Gasteiger partial charge in [-0.1, -0.05) is 0 Å². The molecule has 48 valence electrons. The van der Waals surface area contributed by atoms with Crippen molar-refractivity contribution < 1.29 is 0 Å². The molecule has 0 aliphatic heterocycles. The predicted molar refractivity (Wildman–Crippen MR) is 45.1 cm³/mol. The molecule has 0 aliphatic carbocycles. The van der Waals surface area contributed by atoms with Crippen molar-refractivity contribution >= 4 is 47.8 Å². The predicted octanol–water partition coefficient (Wildman–Crippen LogP) is 2.76. The lowest BCUT2D eigenvalue weighted by Gasteiger charge is -1.91. The van der Waals surface area contributed by atoms with Crippen LogP contribution in [0.1, 0.15) is 0 Å². The minimum Gasteiger partial charge on any atom is -0.229 e. The molecule has 0 radical (unpaired) electrons. The molecule has 1 heterocycles. The van der Waals surface area contributed by atoms with Gasteiger partial charge in [0.15, 0.2) is 4.73 Å². The zero-order valence-electron chi connectivity index (χ0n) is 4.11. The molecule has 0 spiro atoms. The number of halogens is 3. The highest BCUT2D eigenvalue weighted by molar-refractivity contribution is 9.13. The largest absolute Gasteiger partial charge is 0.229 e. The van der Waals surface area contributed by atoms with Gasteiger partial charge in [-0.2, -0.15) is 0 Å². The molecule has 0 N–H and O–H groups in total. The Morgan fingerprint density at radius 1 is 1.22 bits per heavy atom. The molecule has 1 rings (SSSR count). The smallest absolute Gasteiger partial charge is 0.197 e. The third kappa shape index (κ3) is 1.98. The number of hydrogen-bond acceptors (Lipinski definition) is 2. The van der Waals surface area contributed by atoms with E-state index in [9.17, 15) is 0 Å². The molecule has 2 nitrogen and oxygen atoms in total. The van der Waals surface area contributed by atoms with E-state index in [0.717, 1.165) is 9.08 Å². The highest BCUT2D eigenvalue weighted by Gasteiger charge is 1.96. The van der Waals surface area contributed by atoms with E-state index in [4.69, 9.17) is 0 Å². The highest BCUT2D eigenvalue weighted by Crippen LogP contribution is 2.20. The maximum Gasteiger partial charge on any atom is 0.197 e. The molecule has 9 heavy (non-hydrogen) atoms. The molecule has 0 aliphatic rings. The number of nitrogens with zero attached hydrogens (tertiary/aromatic N) is 2. The Balaban J connectivity index is 3.17. The molecular weight excluding hydrogens is 316 g/mol. The van der Waals surface area contributed by atoms with E-state index in [0.29, 0.717) is 4.73 Å². The van der Waals surface area contributed by atoms with Crippen molar-refractivity contribution in [3.63, 3.8) is 0 Å². The fourth-order valence-electron chi connectivity index (χ4n) is 0.326. The molecule has 0 saturated heterocycles. The summed E-state index contributed by atoms with van der Waals surface area (Å²) in [7, 11) is 0. The van der Waals surface area contributed by atoms with Crippen LogP contribution in [0, 0.1) is 0 Å². The van der Waals surface area contributed by atoms with Crippen LogP contribution >= 0.6 is 47.8 Å². The summed E-state index contributed by atoms with van der Waals surface area (Å²) in [5.74, 6) is 0. The highest BCUT2D eigenvalue weighted by atomic mass is 79.9. The summed E-state index contributed by atoms with van der Waals surface area (Å²) in [6, 6.07) is 0. The van der Waals surface area contributed by atoms with Gasteiger partial charge in [-0.05, 0) is 47.8 Å². The second kappa shape index (κ2) is 3.07. The Bertz CT molecular complexity index is 225. The van der Waals surface area contributed by atoms with Crippen molar-refractivity contribution in [2.45, 2.75) is 0 Å². The maximum atomic E-state index is 3.95. The molecule has 1 aromatic rings. The summed E-state index contributed by atoms with van der Waals surface area (Å²) in [4.78, 5) is 7.82. The van der Waals surface area contributed by atoms with Crippen LogP contribution in [0.3, 0.4) is 0 Å². The van der Waals surface area contributed by atoms with E-state index in [1.165, 1.54) is 0 Å². The molecule has 0 saturated carbocycles. The maximum absolute atomic E-state index is 3.95. The Kier molecular flexibility index (Phi) is 2.60. The molecule has 0 aromatic carbocycles. The van der Waals surface area contributed by atoms with Gasteiger partial charge in [0.1, 0.15) is 4.60 Å². The van der Waals surface area contributed by atoms with Gasteiger partial charge >= 0.3 is 0 Å². The summed E-state index contributed by atoms with van der Waals surface area (Å²) >= 11 is 9.58.